The van der Waals surface area contributed by atoms with Crippen LogP contribution in [-0.2, 0) is 19.1 Å². The molecule has 0 aliphatic carbocycles. The fourth-order valence-corrected chi connectivity index (χ4v) is 1.21. The number of esters is 1. The van der Waals surface area contributed by atoms with E-state index in [0.717, 1.165) is 0 Å². The summed E-state index contributed by atoms with van der Waals surface area (Å²) in [4.78, 5) is 21.6. The minimum atomic E-state index is -1.23. The topological polar surface area (TPSA) is 52.6 Å². The van der Waals surface area contributed by atoms with Gasteiger partial charge in [0.25, 0.3) is 0 Å². The number of hydrogen-bond donors (Lipinski definition) is 0. The molecule has 0 bridgehead atoms. The van der Waals surface area contributed by atoms with Gasteiger partial charge in [0, 0.05) is 0 Å². The molecular weight excluding hydrogens is 160 g/mol. The number of methoxy groups -OCH3 is 1. The Morgan fingerprint density at radius 1 is 1.58 bits per heavy atom. The summed E-state index contributed by atoms with van der Waals surface area (Å²) in [6.07, 6.45) is 0.556. The van der Waals surface area contributed by atoms with E-state index < -0.39 is 11.6 Å². The van der Waals surface area contributed by atoms with E-state index in [2.05, 4.69) is 0 Å². The lowest BCUT2D eigenvalue weighted by molar-refractivity contribution is -0.151. The monoisotopic (exact) mass is 170 g/mol. The highest BCUT2D eigenvalue weighted by atomic mass is 16.6. The number of carbonyl (C=O) groups is 2. The van der Waals surface area contributed by atoms with Crippen LogP contribution in [-0.4, -0.2) is 25.0 Å². The van der Waals surface area contributed by atoms with E-state index in [1.807, 2.05) is 0 Å². The SMILES string of the molecule is COC1=C(C)C(=O)O[C@]1(C)C=O. The molecule has 4 nitrogen and oxygen atoms in total. The molecule has 12 heavy (non-hydrogen) atoms. The molecule has 0 saturated heterocycles. The average molecular weight is 170 g/mol. The van der Waals surface area contributed by atoms with Gasteiger partial charge in [0.05, 0.1) is 12.7 Å². The van der Waals surface area contributed by atoms with Crippen molar-refractivity contribution >= 4 is 12.3 Å². The van der Waals surface area contributed by atoms with Crippen molar-refractivity contribution in [3.8, 4) is 0 Å². The van der Waals surface area contributed by atoms with Gasteiger partial charge in [0.15, 0.2) is 12.0 Å². The van der Waals surface area contributed by atoms with Gasteiger partial charge in [-0.2, -0.15) is 0 Å². The van der Waals surface area contributed by atoms with E-state index in [-0.39, 0.29) is 0 Å². The number of carbonyl (C=O) groups excluding carboxylic acids is 2. The largest absolute Gasteiger partial charge is 0.496 e. The molecule has 0 aromatic rings. The molecule has 4 heteroatoms. The first-order chi connectivity index (χ1) is 5.55. The fraction of sp³-hybridized carbons (Fsp3) is 0.500. The molecule has 0 amide bonds. The highest BCUT2D eigenvalue weighted by molar-refractivity contribution is 5.95. The normalized spacial score (nSPS) is 28.8. The van der Waals surface area contributed by atoms with Gasteiger partial charge in [0.2, 0.25) is 5.60 Å². The van der Waals surface area contributed by atoms with E-state index in [0.29, 0.717) is 17.6 Å². The van der Waals surface area contributed by atoms with Gasteiger partial charge in [-0.05, 0) is 13.8 Å². The molecule has 0 fully saturated rings. The van der Waals surface area contributed by atoms with Crippen LogP contribution in [0.4, 0.5) is 0 Å². The molecule has 0 saturated carbocycles. The summed E-state index contributed by atoms with van der Waals surface area (Å²) in [5, 5.41) is 0. The van der Waals surface area contributed by atoms with Crippen molar-refractivity contribution in [2.24, 2.45) is 0 Å². The molecule has 66 valence electrons. The zero-order chi connectivity index (χ0) is 9.35. The van der Waals surface area contributed by atoms with Crippen LogP contribution in [0.3, 0.4) is 0 Å². The van der Waals surface area contributed by atoms with Crippen LogP contribution in [0.2, 0.25) is 0 Å². The Hall–Kier alpha value is -1.32. The summed E-state index contributed by atoms with van der Waals surface area (Å²) in [6, 6.07) is 0. The van der Waals surface area contributed by atoms with Crippen LogP contribution in [0.25, 0.3) is 0 Å². The van der Waals surface area contributed by atoms with Crippen molar-refractivity contribution in [1.82, 2.24) is 0 Å². The first-order valence-electron chi connectivity index (χ1n) is 3.50. The van der Waals surface area contributed by atoms with Crippen molar-refractivity contribution in [2.45, 2.75) is 19.4 Å². The fourth-order valence-electron chi connectivity index (χ4n) is 1.21. The summed E-state index contributed by atoms with van der Waals surface area (Å²) < 4.78 is 9.71. The number of rotatable bonds is 2. The van der Waals surface area contributed by atoms with Gasteiger partial charge in [-0.25, -0.2) is 4.79 Å². The predicted octanol–water partition coefficient (Wildman–Crippen LogP) is 0.421. The van der Waals surface area contributed by atoms with Crippen LogP contribution < -0.4 is 0 Å². The summed E-state index contributed by atoms with van der Waals surface area (Å²) in [7, 11) is 1.41. The molecule has 0 radical (unpaired) electrons. The van der Waals surface area contributed by atoms with Crippen LogP contribution in [0.5, 0.6) is 0 Å². The molecule has 0 aromatic heterocycles. The maximum Gasteiger partial charge on any atom is 0.338 e. The molecule has 1 heterocycles. The van der Waals surface area contributed by atoms with E-state index in [9.17, 15) is 9.59 Å². The van der Waals surface area contributed by atoms with Gasteiger partial charge < -0.3 is 9.47 Å². The number of cyclic esters (lactones) is 1. The second-order valence-electron chi connectivity index (χ2n) is 2.77. The van der Waals surface area contributed by atoms with Crippen molar-refractivity contribution in [3.63, 3.8) is 0 Å². The molecule has 0 unspecified atom stereocenters. The minimum absolute atomic E-state index is 0.294. The van der Waals surface area contributed by atoms with Crippen molar-refractivity contribution in [3.05, 3.63) is 11.3 Å². The average Bonchev–Trinajstić information content (AvgIpc) is 2.25. The van der Waals surface area contributed by atoms with Gasteiger partial charge in [-0.3, -0.25) is 4.79 Å². The summed E-state index contributed by atoms with van der Waals surface area (Å²) in [5.74, 6) is -0.205. The minimum Gasteiger partial charge on any atom is -0.496 e. The lowest BCUT2D eigenvalue weighted by Crippen LogP contribution is -2.30. The van der Waals surface area contributed by atoms with Crippen LogP contribution in [0, 0.1) is 0 Å². The molecule has 1 rings (SSSR count). The Kier molecular flexibility index (Phi) is 1.92. The maximum absolute atomic E-state index is 11.0. The Labute approximate surface area is 70.1 Å². The van der Waals surface area contributed by atoms with E-state index in [4.69, 9.17) is 9.47 Å². The number of ether oxygens (including phenoxy) is 2. The Bertz CT molecular complexity index is 266. The highest BCUT2D eigenvalue weighted by Gasteiger charge is 2.43. The molecule has 1 atom stereocenters. The van der Waals surface area contributed by atoms with Crippen LogP contribution >= 0.6 is 0 Å². The number of hydrogen-bond acceptors (Lipinski definition) is 4. The van der Waals surface area contributed by atoms with E-state index >= 15 is 0 Å². The smallest absolute Gasteiger partial charge is 0.338 e. The molecule has 0 aromatic carbocycles. The van der Waals surface area contributed by atoms with Crippen LogP contribution in [0.1, 0.15) is 13.8 Å². The Morgan fingerprint density at radius 3 is 2.50 bits per heavy atom. The van der Waals surface area contributed by atoms with Gasteiger partial charge in [0.1, 0.15) is 0 Å². The quantitative estimate of drug-likeness (QED) is 0.445. The Morgan fingerprint density at radius 2 is 2.17 bits per heavy atom. The first-order valence-corrected chi connectivity index (χ1v) is 3.50. The number of aldehydes is 1. The molecule has 0 N–H and O–H groups in total. The third-order valence-electron chi connectivity index (χ3n) is 1.83. The molecule has 1 aliphatic heterocycles. The lowest BCUT2D eigenvalue weighted by Gasteiger charge is -2.17. The maximum atomic E-state index is 11.0. The highest BCUT2D eigenvalue weighted by Crippen LogP contribution is 2.30. The van der Waals surface area contributed by atoms with Crippen LogP contribution in [0.15, 0.2) is 11.3 Å². The van der Waals surface area contributed by atoms with Gasteiger partial charge in [-0.1, -0.05) is 0 Å². The second-order valence-corrected chi connectivity index (χ2v) is 2.77. The van der Waals surface area contributed by atoms with E-state index in [1.165, 1.54) is 14.0 Å². The lowest BCUT2D eigenvalue weighted by atomic mass is 10.1. The van der Waals surface area contributed by atoms with Crippen molar-refractivity contribution in [1.29, 1.82) is 0 Å². The zero-order valence-electron chi connectivity index (χ0n) is 7.21. The van der Waals surface area contributed by atoms with Crippen molar-refractivity contribution < 1.29 is 19.1 Å². The van der Waals surface area contributed by atoms with Gasteiger partial charge >= 0.3 is 5.97 Å². The third kappa shape index (κ3) is 0.995. The summed E-state index contributed by atoms with van der Waals surface area (Å²) >= 11 is 0. The predicted molar refractivity (Wildman–Crippen MR) is 40.3 cm³/mol. The zero-order valence-corrected chi connectivity index (χ0v) is 7.21. The van der Waals surface area contributed by atoms with E-state index in [1.54, 1.807) is 6.92 Å². The second kappa shape index (κ2) is 2.62. The van der Waals surface area contributed by atoms with Gasteiger partial charge in [-0.15, -0.1) is 0 Å². The standard InChI is InChI=1S/C8H10O4/c1-5-6(11-3)8(2,4-9)12-7(5)10/h4H,1-3H3/t8-/m1/s1. The summed E-state index contributed by atoms with van der Waals surface area (Å²) in [5.41, 5.74) is -0.872. The third-order valence-corrected chi connectivity index (χ3v) is 1.83. The molecule has 1 aliphatic rings. The molecular formula is C8H10O4. The Balaban J connectivity index is 3.14. The summed E-state index contributed by atoms with van der Waals surface area (Å²) in [6.45, 7) is 3.06. The van der Waals surface area contributed by atoms with Crippen molar-refractivity contribution in [2.75, 3.05) is 7.11 Å². The molecule has 0 spiro atoms. The first kappa shape index (κ1) is 8.77.